The molecule has 0 bridgehead atoms. The Bertz CT molecular complexity index is 641. The minimum Gasteiger partial charge on any atom is -0.347 e. The van der Waals surface area contributed by atoms with Gasteiger partial charge < -0.3 is 15.5 Å². The van der Waals surface area contributed by atoms with Crippen molar-refractivity contribution in [1.82, 2.24) is 20.5 Å². The first kappa shape index (κ1) is 15.1. The summed E-state index contributed by atoms with van der Waals surface area (Å²) in [6.45, 7) is 0.582. The summed E-state index contributed by atoms with van der Waals surface area (Å²) in [6.07, 6.45) is 4.16. The number of carbonyl (C=O) groups excluding carboxylic acids is 1. The van der Waals surface area contributed by atoms with Gasteiger partial charge in [0.15, 0.2) is 5.82 Å². The zero-order chi connectivity index (χ0) is 16.1. The van der Waals surface area contributed by atoms with Crippen LogP contribution in [-0.4, -0.2) is 46.5 Å². The molecule has 1 saturated heterocycles. The average molecular weight is 316 g/mol. The van der Waals surface area contributed by atoms with Crippen molar-refractivity contribution in [2.24, 2.45) is 0 Å². The third-order valence-corrected chi connectivity index (χ3v) is 3.63. The van der Waals surface area contributed by atoms with Gasteiger partial charge in [-0.3, -0.25) is 4.98 Å². The SMILES string of the molecule is O=C(NC[C@@H]1C[C@H](F)CN1c1cccnn1)Nc1cccnc1. The van der Waals surface area contributed by atoms with Crippen molar-refractivity contribution in [2.45, 2.75) is 18.6 Å². The summed E-state index contributed by atoms with van der Waals surface area (Å²) in [7, 11) is 0. The van der Waals surface area contributed by atoms with Crippen molar-refractivity contribution in [3.8, 4) is 0 Å². The Labute approximate surface area is 132 Å². The fraction of sp³-hybridized carbons (Fsp3) is 0.333. The molecule has 1 fully saturated rings. The molecule has 0 aliphatic carbocycles. The molecule has 0 radical (unpaired) electrons. The molecule has 120 valence electrons. The number of rotatable bonds is 4. The van der Waals surface area contributed by atoms with Crippen LogP contribution in [-0.2, 0) is 0 Å². The maximum Gasteiger partial charge on any atom is 0.319 e. The molecule has 2 atom stereocenters. The first-order valence-electron chi connectivity index (χ1n) is 7.35. The van der Waals surface area contributed by atoms with E-state index in [0.29, 0.717) is 24.5 Å². The maximum absolute atomic E-state index is 13.8. The number of hydrogen-bond acceptors (Lipinski definition) is 5. The number of halogens is 1. The Balaban J connectivity index is 1.57. The number of hydrogen-bond donors (Lipinski definition) is 2. The topological polar surface area (TPSA) is 83.0 Å². The van der Waals surface area contributed by atoms with Gasteiger partial charge in [0, 0.05) is 25.4 Å². The number of aromatic nitrogens is 3. The minimum atomic E-state index is -0.940. The van der Waals surface area contributed by atoms with Crippen LogP contribution in [0.25, 0.3) is 0 Å². The smallest absolute Gasteiger partial charge is 0.319 e. The molecule has 1 aliphatic heterocycles. The van der Waals surface area contributed by atoms with Crippen LogP contribution in [0.2, 0.25) is 0 Å². The Morgan fingerprint density at radius 2 is 2.22 bits per heavy atom. The summed E-state index contributed by atoms with van der Waals surface area (Å²) >= 11 is 0. The Morgan fingerprint density at radius 3 is 2.96 bits per heavy atom. The van der Waals surface area contributed by atoms with Gasteiger partial charge in [-0.05, 0) is 24.3 Å². The van der Waals surface area contributed by atoms with Crippen molar-refractivity contribution >= 4 is 17.5 Å². The van der Waals surface area contributed by atoms with Crippen molar-refractivity contribution in [2.75, 3.05) is 23.3 Å². The third-order valence-electron chi connectivity index (χ3n) is 3.63. The molecule has 2 aromatic rings. The molecule has 0 spiro atoms. The normalized spacial score (nSPS) is 20.3. The zero-order valence-corrected chi connectivity index (χ0v) is 12.4. The van der Waals surface area contributed by atoms with Gasteiger partial charge in [-0.15, -0.1) is 5.10 Å². The van der Waals surface area contributed by atoms with Crippen molar-refractivity contribution in [3.63, 3.8) is 0 Å². The van der Waals surface area contributed by atoms with Crippen LogP contribution in [0.4, 0.5) is 20.7 Å². The van der Waals surface area contributed by atoms with E-state index in [0.717, 1.165) is 0 Å². The van der Waals surface area contributed by atoms with E-state index in [1.807, 2.05) is 4.90 Å². The molecule has 2 N–H and O–H groups in total. The predicted molar refractivity (Wildman–Crippen MR) is 83.9 cm³/mol. The van der Waals surface area contributed by atoms with Gasteiger partial charge in [0.1, 0.15) is 6.17 Å². The summed E-state index contributed by atoms with van der Waals surface area (Å²) in [5.74, 6) is 0.618. The third kappa shape index (κ3) is 3.91. The number of nitrogens with zero attached hydrogens (tertiary/aromatic N) is 4. The number of urea groups is 1. The van der Waals surface area contributed by atoms with E-state index in [9.17, 15) is 9.18 Å². The second-order valence-corrected chi connectivity index (χ2v) is 5.30. The zero-order valence-electron chi connectivity index (χ0n) is 12.4. The lowest BCUT2D eigenvalue weighted by molar-refractivity contribution is 0.251. The summed E-state index contributed by atoms with van der Waals surface area (Å²) in [5.41, 5.74) is 0.602. The van der Waals surface area contributed by atoms with Gasteiger partial charge in [-0.1, -0.05) is 0 Å². The van der Waals surface area contributed by atoms with Crippen molar-refractivity contribution in [1.29, 1.82) is 0 Å². The number of anilines is 2. The standard InChI is InChI=1S/C15H17FN6O/c16-11-7-13(22(10-11)14-4-2-6-19-21-14)9-18-15(23)20-12-3-1-5-17-8-12/h1-6,8,11,13H,7,9-10H2,(H2,18,20,23)/t11-,13-/m0/s1. The monoisotopic (exact) mass is 316 g/mol. The lowest BCUT2D eigenvalue weighted by Crippen LogP contribution is -2.42. The number of pyridine rings is 1. The lowest BCUT2D eigenvalue weighted by atomic mass is 10.2. The molecule has 7 nitrogen and oxygen atoms in total. The van der Waals surface area contributed by atoms with Gasteiger partial charge >= 0.3 is 6.03 Å². The molecule has 3 rings (SSSR count). The molecule has 0 unspecified atom stereocenters. The number of alkyl halides is 1. The van der Waals surface area contributed by atoms with Crippen LogP contribution in [0, 0.1) is 0 Å². The summed E-state index contributed by atoms with van der Waals surface area (Å²) < 4.78 is 13.8. The van der Waals surface area contributed by atoms with Crippen LogP contribution in [0.15, 0.2) is 42.9 Å². The highest BCUT2D eigenvalue weighted by Crippen LogP contribution is 2.24. The quantitative estimate of drug-likeness (QED) is 0.895. The molecule has 3 heterocycles. The number of amides is 2. The first-order chi connectivity index (χ1) is 11.2. The Hall–Kier alpha value is -2.77. The molecule has 0 saturated carbocycles. The van der Waals surface area contributed by atoms with Gasteiger partial charge in [-0.25, -0.2) is 9.18 Å². The van der Waals surface area contributed by atoms with Crippen molar-refractivity contribution in [3.05, 3.63) is 42.9 Å². The van der Waals surface area contributed by atoms with E-state index in [2.05, 4.69) is 25.8 Å². The minimum absolute atomic E-state index is 0.152. The van der Waals surface area contributed by atoms with Gasteiger partial charge in [0.25, 0.3) is 0 Å². The van der Waals surface area contributed by atoms with Gasteiger partial charge in [0.05, 0.1) is 24.5 Å². The van der Waals surface area contributed by atoms with E-state index in [4.69, 9.17) is 0 Å². The van der Waals surface area contributed by atoms with E-state index >= 15 is 0 Å². The van der Waals surface area contributed by atoms with Crippen LogP contribution in [0.1, 0.15) is 6.42 Å². The largest absolute Gasteiger partial charge is 0.347 e. The Morgan fingerprint density at radius 1 is 1.35 bits per heavy atom. The van der Waals surface area contributed by atoms with E-state index in [1.54, 1.807) is 42.9 Å². The second kappa shape index (κ2) is 6.99. The molecular weight excluding hydrogens is 299 g/mol. The van der Waals surface area contributed by atoms with Gasteiger partial charge in [0.2, 0.25) is 0 Å². The van der Waals surface area contributed by atoms with Crippen LogP contribution < -0.4 is 15.5 Å². The van der Waals surface area contributed by atoms with E-state index in [1.165, 1.54) is 0 Å². The molecule has 0 aromatic carbocycles. The highest BCUT2D eigenvalue weighted by molar-refractivity contribution is 5.89. The predicted octanol–water partition coefficient (Wildman–Crippen LogP) is 1.61. The highest BCUT2D eigenvalue weighted by Gasteiger charge is 2.33. The molecule has 2 amide bonds. The summed E-state index contributed by atoms with van der Waals surface area (Å²) in [6, 6.07) is 6.52. The van der Waals surface area contributed by atoms with E-state index < -0.39 is 6.17 Å². The molecule has 1 aliphatic rings. The second-order valence-electron chi connectivity index (χ2n) is 5.30. The van der Waals surface area contributed by atoms with Gasteiger partial charge in [-0.2, -0.15) is 5.10 Å². The molecule has 8 heteroatoms. The van der Waals surface area contributed by atoms with Crippen molar-refractivity contribution < 1.29 is 9.18 Å². The lowest BCUT2D eigenvalue weighted by Gasteiger charge is -2.24. The fourth-order valence-electron chi connectivity index (χ4n) is 2.60. The van der Waals surface area contributed by atoms with E-state index in [-0.39, 0.29) is 18.6 Å². The summed E-state index contributed by atoms with van der Waals surface area (Å²) in [5, 5.41) is 13.3. The van der Waals surface area contributed by atoms with Crippen LogP contribution in [0.3, 0.4) is 0 Å². The summed E-state index contributed by atoms with van der Waals surface area (Å²) in [4.78, 5) is 17.7. The average Bonchev–Trinajstić information content (AvgIpc) is 2.96. The fourth-order valence-corrected chi connectivity index (χ4v) is 2.60. The highest BCUT2D eigenvalue weighted by atomic mass is 19.1. The Kier molecular flexibility index (Phi) is 4.60. The molecule has 23 heavy (non-hydrogen) atoms. The molecule has 2 aromatic heterocycles. The maximum atomic E-state index is 13.8. The molecular formula is C15H17FN6O. The number of nitrogens with one attached hydrogen (secondary N) is 2. The first-order valence-corrected chi connectivity index (χ1v) is 7.35. The van der Waals surface area contributed by atoms with Crippen LogP contribution in [0.5, 0.6) is 0 Å². The van der Waals surface area contributed by atoms with Crippen LogP contribution >= 0.6 is 0 Å². The number of carbonyl (C=O) groups is 1.